The molecule has 2 aliphatic rings. The van der Waals surface area contributed by atoms with Gasteiger partial charge in [0.25, 0.3) is 0 Å². The molecule has 1 aliphatic carbocycles. The molecule has 0 spiro atoms. The van der Waals surface area contributed by atoms with E-state index in [9.17, 15) is 0 Å². The number of thioether (sulfide) groups is 1. The topological polar surface area (TPSA) is 15.3 Å². The van der Waals surface area contributed by atoms with Crippen LogP contribution in [0, 0.1) is 0 Å². The standard InChI is InChI=1S/C14H28N2S/c1-12-9-13(10-16(12)2)15-11-14(17-3)7-5-4-6-8-14/h12-13,15H,4-11H2,1-3H3. The molecule has 1 saturated heterocycles. The van der Waals surface area contributed by atoms with Crippen LogP contribution < -0.4 is 5.32 Å². The predicted molar refractivity (Wildman–Crippen MR) is 77.8 cm³/mol. The second kappa shape index (κ2) is 5.94. The fraction of sp³-hybridized carbons (Fsp3) is 1.00. The maximum absolute atomic E-state index is 3.84. The lowest BCUT2D eigenvalue weighted by molar-refractivity contribution is 0.322. The average molecular weight is 256 g/mol. The van der Waals surface area contributed by atoms with Crippen LogP contribution in [-0.2, 0) is 0 Å². The molecule has 0 aromatic heterocycles. The Morgan fingerprint density at radius 1 is 1.29 bits per heavy atom. The minimum absolute atomic E-state index is 0.544. The molecule has 0 radical (unpaired) electrons. The molecule has 0 amide bonds. The summed E-state index contributed by atoms with van der Waals surface area (Å²) in [5, 5.41) is 3.84. The third-order valence-corrected chi connectivity index (χ3v) is 6.22. The Morgan fingerprint density at radius 2 is 2.00 bits per heavy atom. The monoisotopic (exact) mass is 256 g/mol. The van der Waals surface area contributed by atoms with Gasteiger partial charge in [-0.05, 0) is 39.5 Å². The quantitative estimate of drug-likeness (QED) is 0.832. The summed E-state index contributed by atoms with van der Waals surface area (Å²) in [6, 6.07) is 1.48. The van der Waals surface area contributed by atoms with Crippen molar-refractivity contribution in [1.82, 2.24) is 10.2 Å². The van der Waals surface area contributed by atoms with Crippen molar-refractivity contribution in [2.24, 2.45) is 0 Å². The lowest BCUT2D eigenvalue weighted by Crippen LogP contribution is -2.44. The highest BCUT2D eigenvalue weighted by molar-refractivity contribution is 8.00. The zero-order valence-corrected chi connectivity index (χ0v) is 12.5. The number of likely N-dealkylation sites (N-methyl/N-ethyl adjacent to an activating group) is 1. The third-order valence-electron chi connectivity index (χ3n) is 4.80. The highest BCUT2D eigenvalue weighted by Gasteiger charge is 2.33. The van der Waals surface area contributed by atoms with Gasteiger partial charge in [0.05, 0.1) is 0 Å². The van der Waals surface area contributed by atoms with Crippen molar-refractivity contribution in [3.05, 3.63) is 0 Å². The first-order chi connectivity index (χ1) is 8.15. The van der Waals surface area contributed by atoms with Gasteiger partial charge >= 0.3 is 0 Å². The Kier molecular flexibility index (Phi) is 4.79. The van der Waals surface area contributed by atoms with Gasteiger partial charge < -0.3 is 10.2 Å². The summed E-state index contributed by atoms with van der Waals surface area (Å²) >= 11 is 2.10. The molecular weight excluding hydrogens is 228 g/mol. The number of hydrogen-bond acceptors (Lipinski definition) is 3. The Hall–Kier alpha value is 0.270. The van der Waals surface area contributed by atoms with E-state index in [1.807, 2.05) is 0 Å². The molecule has 1 heterocycles. The maximum atomic E-state index is 3.84. The third kappa shape index (κ3) is 3.39. The Bertz CT molecular complexity index is 228. The van der Waals surface area contributed by atoms with Gasteiger partial charge in [-0.2, -0.15) is 11.8 Å². The summed E-state index contributed by atoms with van der Waals surface area (Å²) in [6.07, 6.45) is 10.8. The van der Waals surface area contributed by atoms with Gasteiger partial charge in [0.1, 0.15) is 0 Å². The maximum Gasteiger partial charge on any atom is 0.0281 e. The Morgan fingerprint density at radius 3 is 2.53 bits per heavy atom. The lowest BCUT2D eigenvalue weighted by Gasteiger charge is -2.37. The molecule has 1 aliphatic heterocycles. The normalized spacial score (nSPS) is 34.1. The van der Waals surface area contributed by atoms with Gasteiger partial charge in [0.15, 0.2) is 0 Å². The summed E-state index contributed by atoms with van der Waals surface area (Å²) in [7, 11) is 2.25. The minimum atomic E-state index is 0.544. The highest BCUT2D eigenvalue weighted by atomic mass is 32.2. The average Bonchev–Trinajstić information content (AvgIpc) is 2.68. The molecule has 2 fully saturated rings. The molecular formula is C14H28N2S. The smallest absolute Gasteiger partial charge is 0.0281 e. The first kappa shape index (κ1) is 13.7. The molecule has 0 aromatic rings. The molecule has 2 rings (SSSR count). The van der Waals surface area contributed by atoms with Crippen molar-refractivity contribution >= 4 is 11.8 Å². The highest BCUT2D eigenvalue weighted by Crippen LogP contribution is 2.38. The largest absolute Gasteiger partial charge is 0.311 e. The van der Waals surface area contributed by atoms with E-state index in [0.29, 0.717) is 4.75 Å². The van der Waals surface area contributed by atoms with Gasteiger partial charge in [-0.3, -0.25) is 0 Å². The van der Waals surface area contributed by atoms with Crippen LogP contribution in [-0.4, -0.2) is 48.1 Å². The summed E-state index contributed by atoms with van der Waals surface area (Å²) < 4.78 is 0.544. The van der Waals surface area contributed by atoms with Crippen LogP contribution in [0.3, 0.4) is 0 Å². The van der Waals surface area contributed by atoms with E-state index in [0.717, 1.165) is 12.1 Å². The van der Waals surface area contributed by atoms with Crippen molar-refractivity contribution in [2.75, 3.05) is 26.4 Å². The lowest BCUT2D eigenvalue weighted by atomic mass is 9.88. The van der Waals surface area contributed by atoms with Crippen LogP contribution in [0.5, 0.6) is 0 Å². The van der Waals surface area contributed by atoms with E-state index in [-0.39, 0.29) is 0 Å². The van der Waals surface area contributed by atoms with Crippen LogP contribution in [0.15, 0.2) is 0 Å². The molecule has 0 bridgehead atoms. The first-order valence-electron chi connectivity index (χ1n) is 7.14. The molecule has 2 nitrogen and oxygen atoms in total. The second-order valence-corrected chi connectivity index (χ2v) is 7.32. The second-order valence-electron chi connectivity index (χ2n) is 6.05. The fourth-order valence-corrected chi connectivity index (χ4v) is 4.25. The van der Waals surface area contributed by atoms with E-state index in [4.69, 9.17) is 0 Å². The van der Waals surface area contributed by atoms with E-state index >= 15 is 0 Å². The number of rotatable bonds is 4. The minimum Gasteiger partial charge on any atom is -0.311 e. The molecule has 100 valence electrons. The zero-order chi connectivity index (χ0) is 12.3. The zero-order valence-electron chi connectivity index (χ0n) is 11.7. The SMILES string of the molecule is CSC1(CNC2CC(C)N(C)C2)CCCCC1. The van der Waals surface area contributed by atoms with Crippen LogP contribution in [0.4, 0.5) is 0 Å². The number of hydrogen-bond donors (Lipinski definition) is 1. The van der Waals surface area contributed by atoms with Crippen LogP contribution in [0.25, 0.3) is 0 Å². The van der Waals surface area contributed by atoms with Crippen LogP contribution in [0.2, 0.25) is 0 Å². The molecule has 17 heavy (non-hydrogen) atoms. The van der Waals surface area contributed by atoms with Gasteiger partial charge in [-0.1, -0.05) is 19.3 Å². The van der Waals surface area contributed by atoms with E-state index in [2.05, 4.69) is 42.2 Å². The van der Waals surface area contributed by atoms with Gasteiger partial charge in [-0.15, -0.1) is 0 Å². The van der Waals surface area contributed by atoms with Crippen molar-refractivity contribution in [2.45, 2.75) is 62.3 Å². The molecule has 1 N–H and O–H groups in total. The molecule has 1 saturated carbocycles. The molecule has 0 aromatic carbocycles. The van der Waals surface area contributed by atoms with Crippen molar-refractivity contribution in [3.8, 4) is 0 Å². The first-order valence-corrected chi connectivity index (χ1v) is 8.36. The van der Waals surface area contributed by atoms with E-state index in [1.165, 1.54) is 51.6 Å². The summed E-state index contributed by atoms with van der Waals surface area (Å²) in [5.41, 5.74) is 0. The van der Waals surface area contributed by atoms with Crippen LogP contribution >= 0.6 is 11.8 Å². The predicted octanol–water partition coefficient (Wildman–Crippen LogP) is 2.73. The number of nitrogens with zero attached hydrogens (tertiary/aromatic N) is 1. The van der Waals surface area contributed by atoms with Gasteiger partial charge in [0, 0.05) is 29.9 Å². The van der Waals surface area contributed by atoms with Gasteiger partial charge in [0.2, 0.25) is 0 Å². The van der Waals surface area contributed by atoms with Crippen LogP contribution in [0.1, 0.15) is 45.4 Å². The summed E-state index contributed by atoms with van der Waals surface area (Å²) in [5.74, 6) is 0. The number of likely N-dealkylation sites (tertiary alicyclic amines) is 1. The fourth-order valence-electron chi connectivity index (χ4n) is 3.32. The Labute approximate surface area is 111 Å². The van der Waals surface area contributed by atoms with E-state index < -0.39 is 0 Å². The molecule has 3 heteroatoms. The van der Waals surface area contributed by atoms with Crippen molar-refractivity contribution in [1.29, 1.82) is 0 Å². The Balaban J connectivity index is 1.80. The number of nitrogens with one attached hydrogen (secondary N) is 1. The van der Waals surface area contributed by atoms with Gasteiger partial charge in [-0.25, -0.2) is 0 Å². The van der Waals surface area contributed by atoms with E-state index in [1.54, 1.807) is 0 Å². The van der Waals surface area contributed by atoms with Crippen molar-refractivity contribution < 1.29 is 0 Å². The molecule has 2 atom stereocenters. The molecule has 2 unspecified atom stereocenters. The summed E-state index contributed by atoms with van der Waals surface area (Å²) in [4.78, 5) is 2.48. The van der Waals surface area contributed by atoms with Crippen molar-refractivity contribution in [3.63, 3.8) is 0 Å². The summed E-state index contributed by atoms with van der Waals surface area (Å²) in [6.45, 7) is 4.79.